The van der Waals surface area contributed by atoms with Gasteiger partial charge in [-0.2, -0.15) is 0 Å². The summed E-state index contributed by atoms with van der Waals surface area (Å²) in [6, 6.07) is 9.64. The molecular weight excluding hydrogens is 356 g/mol. The molecule has 0 bridgehead atoms. The zero-order valence-corrected chi connectivity index (χ0v) is 16.6. The number of amides is 2. The molecule has 0 aromatic heterocycles. The fraction of sp³-hybridized carbons (Fsp3) is 0.545. The van der Waals surface area contributed by atoms with Crippen LogP contribution < -0.4 is 5.32 Å². The number of hydrogen-bond donors (Lipinski definition) is 1. The number of carbonyl (C=O) groups is 2. The van der Waals surface area contributed by atoms with Gasteiger partial charge in [-0.1, -0.05) is 36.8 Å². The molecule has 0 radical (unpaired) electrons. The molecule has 2 unspecified atom stereocenters. The maximum absolute atomic E-state index is 13.1. The van der Waals surface area contributed by atoms with Crippen LogP contribution in [0.4, 0.5) is 0 Å². The lowest BCUT2D eigenvalue weighted by molar-refractivity contribution is -0.151. The number of rotatable bonds is 8. The average Bonchev–Trinajstić information content (AvgIpc) is 2.71. The minimum absolute atomic E-state index is 0.0247. The number of ether oxygens (including phenoxy) is 2. The molecule has 1 aromatic carbocycles. The van der Waals surface area contributed by atoms with Crippen molar-refractivity contribution >= 4 is 17.9 Å². The van der Waals surface area contributed by atoms with Crippen LogP contribution in [-0.2, 0) is 19.1 Å². The third-order valence-electron chi connectivity index (χ3n) is 5.22. The molecule has 28 heavy (non-hydrogen) atoms. The molecule has 2 fully saturated rings. The van der Waals surface area contributed by atoms with Crippen molar-refractivity contribution in [2.24, 2.45) is 0 Å². The number of benzene rings is 1. The van der Waals surface area contributed by atoms with Crippen LogP contribution in [0.5, 0.6) is 0 Å². The first-order chi connectivity index (χ1) is 13.7. The van der Waals surface area contributed by atoms with E-state index in [9.17, 15) is 9.59 Å². The number of morpholine rings is 1. The van der Waals surface area contributed by atoms with Crippen LogP contribution in [-0.4, -0.2) is 55.2 Å². The fourth-order valence-electron chi connectivity index (χ4n) is 3.82. The van der Waals surface area contributed by atoms with Gasteiger partial charge >= 0.3 is 0 Å². The fourth-order valence-corrected chi connectivity index (χ4v) is 3.82. The monoisotopic (exact) mass is 386 g/mol. The maximum atomic E-state index is 13.1. The lowest BCUT2D eigenvalue weighted by Crippen LogP contribution is -2.57. The van der Waals surface area contributed by atoms with E-state index in [4.69, 9.17) is 9.47 Å². The highest BCUT2D eigenvalue weighted by molar-refractivity contribution is 5.98. The first-order valence-electron chi connectivity index (χ1n) is 10.3. The van der Waals surface area contributed by atoms with Gasteiger partial charge in [0.25, 0.3) is 5.91 Å². The average molecular weight is 386 g/mol. The van der Waals surface area contributed by atoms with Gasteiger partial charge in [0, 0.05) is 19.8 Å². The molecule has 3 rings (SSSR count). The molecule has 1 saturated carbocycles. The summed E-state index contributed by atoms with van der Waals surface area (Å²) in [5, 5.41) is 2.90. The number of nitrogens with zero attached hydrogens (tertiary/aromatic N) is 1. The maximum Gasteiger partial charge on any atom is 0.289 e. The summed E-state index contributed by atoms with van der Waals surface area (Å²) in [6.07, 6.45) is 6.45. The standard InChI is InChI=1S/C22H30N2O4/c1-2-27-14-8-13-23-21(25)16-24-18-11-6-7-12-19(18)28-20(22(24)26)15-17-9-4-3-5-10-17/h3-5,9-10,15,18-19H,2,6-8,11-14,16H2,1H3,(H,23,25)/b20-15+. The highest BCUT2D eigenvalue weighted by Gasteiger charge is 2.42. The zero-order valence-electron chi connectivity index (χ0n) is 16.6. The first kappa shape index (κ1) is 20.4. The molecule has 1 saturated heterocycles. The minimum atomic E-state index is -0.198. The van der Waals surface area contributed by atoms with Crippen LogP contribution >= 0.6 is 0 Å². The van der Waals surface area contributed by atoms with Crippen LogP contribution in [0.3, 0.4) is 0 Å². The summed E-state index contributed by atoms with van der Waals surface area (Å²) >= 11 is 0. The molecule has 2 amide bonds. The lowest BCUT2D eigenvalue weighted by atomic mass is 9.89. The molecule has 1 aliphatic carbocycles. The molecule has 6 nitrogen and oxygen atoms in total. The molecule has 2 atom stereocenters. The van der Waals surface area contributed by atoms with Crippen LogP contribution in [0.1, 0.15) is 44.6 Å². The second-order valence-electron chi connectivity index (χ2n) is 7.26. The van der Waals surface area contributed by atoms with Crippen molar-refractivity contribution in [3.8, 4) is 0 Å². The quantitative estimate of drug-likeness (QED) is 0.551. The smallest absolute Gasteiger partial charge is 0.289 e. The third-order valence-corrected chi connectivity index (χ3v) is 5.22. The van der Waals surface area contributed by atoms with Crippen LogP contribution in [0, 0.1) is 0 Å². The van der Waals surface area contributed by atoms with Gasteiger partial charge in [0.05, 0.1) is 6.04 Å². The van der Waals surface area contributed by atoms with E-state index in [0.717, 1.165) is 37.7 Å². The predicted molar refractivity (Wildman–Crippen MR) is 107 cm³/mol. The van der Waals surface area contributed by atoms with Crippen molar-refractivity contribution in [2.75, 3.05) is 26.3 Å². The third kappa shape index (κ3) is 5.35. The van der Waals surface area contributed by atoms with Crippen molar-refractivity contribution in [2.45, 2.75) is 51.2 Å². The van der Waals surface area contributed by atoms with Crippen LogP contribution in [0.15, 0.2) is 36.1 Å². The Morgan fingerprint density at radius 2 is 2.07 bits per heavy atom. The molecule has 2 aliphatic rings. The van der Waals surface area contributed by atoms with Gasteiger partial charge in [0.1, 0.15) is 12.6 Å². The van der Waals surface area contributed by atoms with E-state index in [1.165, 1.54) is 0 Å². The Morgan fingerprint density at radius 3 is 2.86 bits per heavy atom. The van der Waals surface area contributed by atoms with Crippen molar-refractivity contribution in [3.63, 3.8) is 0 Å². The highest BCUT2D eigenvalue weighted by Crippen LogP contribution is 2.33. The van der Waals surface area contributed by atoms with Gasteiger partial charge in [-0.15, -0.1) is 0 Å². The topological polar surface area (TPSA) is 67.9 Å². The molecule has 1 aromatic rings. The van der Waals surface area contributed by atoms with Gasteiger partial charge in [-0.25, -0.2) is 0 Å². The second-order valence-corrected chi connectivity index (χ2v) is 7.26. The Hall–Kier alpha value is -2.34. The van der Waals surface area contributed by atoms with E-state index in [-0.39, 0.29) is 30.5 Å². The highest BCUT2D eigenvalue weighted by atomic mass is 16.5. The van der Waals surface area contributed by atoms with Gasteiger partial charge in [-0.3, -0.25) is 9.59 Å². The Labute approximate surface area is 166 Å². The van der Waals surface area contributed by atoms with Gasteiger partial charge in [0.15, 0.2) is 5.76 Å². The first-order valence-corrected chi connectivity index (χ1v) is 10.3. The largest absolute Gasteiger partial charge is 0.482 e. The summed E-state index contributed by atoms with van der Waals surface area (Å²) in [5.41, 5.74) is 0.917. The molecule has 1 aliphatic heterocycles. The van der Waals surface area contributed by atoms with Crippen LogP contribution in [0.25, 0.3) is 6.08 Å². The number of hydrogen-bond acceptors (Lipinski definition) is 4. The van der Waals surface area contributed by atoms with Crippen molar-refractivity contribution in [1.29, 1.82) is 0 Å². The van der Waals surface area contributed by atoms with E-state index >= 15 is 0 Å². The molecule has 6 heteroatoms. The van der Waals surface area contributed by atoms with E-state index in [1.54, 1.807) is 11.0 Å². The van der Waals surface area contributed by atoms with Crippen molar-refractivity contribution in [1.82, 2.24) is 10.2 Å². The van der Waals surface area contributed by atoms with Crippen molar-refractivity contribution in [3.05, 3.63) is 41.7 Å². The van der Waals surface area contributed by atoms with Gasteiger partial charge in [0.2, 0.25) is 5.91 Å². The summed E-state index contributed by atoms with van der Waals surface area (Å²) in [7, 11) is 0. The van der Waals surface area contributed by atoms with E-state index in [2.05, 4.69) is 5.32 Å². The molecular formula is C22H30N2O4. The minimum Gasteiger partial charge on any atom is -0.482 e. The summed E-state index contributed by atoms with van der Waals surface area (Å²) < 4.78 is 11.3. The Kier molecular flexibility index (Phi) is 7.48. The molecule has 152 valence electrons. The van der Waals surface area contributed by atoms with Crippen LogP contribution in [0.2, 0.25) is 0 Å². The molecule has 1 N–H and O–H groups in total. The SMILES string of the molecule is CCOCCCNC(=O)CN1C(=O)/C(=C\c2ccccc2)OC2CCCCC21. The Morgan fingerprint density at radius 1 is 1.29 bits per heavy atom. The summed E-state index contributed by atoms with van der Waals surface area (Å²) in [5.74, 6) is 0.00472. The summed E-state index contributed by atoms with van der Waals surface area (Å²) in [6.45, 7) is 3.88. The molecule has 1 heterocycles. The van der Waals surface area contributed by atoms with E-state index < -0.39 is 0 Å². The van der Waals surface area contributed by atoms with Gasteiger partial charge in [-0.05, 0) is 44.2 Å². The second kappa shape index (κ2) is 10.3. The predicted octanol–water partition coefficient (Wildman–Crippen LogP) is 2.74. The Balaban J connectivity index is 1.67. The van der Waals surface area contributed by atoms with Gasteiger partial charge < -0.3 is 19.7 Å². The van der Waals surface area contributed by atoms with E-state index in [0.29, 0.717) is 25.5 Å². The van der Waals surface area contributed by atoms with E-state index in [1.807, 2.05) is 37.3 Å². The normalized spacial score (nSPS) is 23.2. The number of carbonyl (C=O) groups excluding carboxylic acids is 2. The Bertz CT molecular complexity index is 689. The summed E-state index contributed by atoms with van der Waals surface area (Å²) in [4.78, 5) is 27.2. The van der Waals surface area contributed by atoms with Crippen molar-refractivity contribution < 1.29 is 19.1 Å². The molecule has 0 spiro atoms. The lowest BCUT2D eigenvalue weighted by Gasteiger charge is -2.44. The number of nitrogens with one attached hydrogen (secondary N) is 1. The number of fused-ring (bicyclic) bond motifs is 1. The zero-order chi connectivity index (χ0) is 19.8.